The third-order valence-corrected chi connectivity index (χ3v) is 3.58. The van der Waals surface area contributed by atoms with Crippen molar-refractivity contribution in [1.29, 1.82) is 0 Å². The first kappa shape index (κ1) is 18.0. The maximum Gasteiger partial charge on any atom is 0.397 e. The van der Waals surface area contributed by atoms with Gasteiger partial charge in [0.25, 0.3) is 0 Å². The van der Waals surface area contributed by atoms with E-state index in [1.807, 2.05) is 0 Å². The van der Waals surface area contributed by atoms with Crippen LogP contribution in [0.2, 0.25) is 0 Å². The minimum atomic E-state index is -4.53. The standard InChI is InChI=1S/C16H16F4N2O2/c17-13-4-1-12(2-5-13)3-6-14(23)21-7-9-22(10-8-21)15(24)11-16(18,19)20/h1-6H,7-11H2/b6-3+. The predicted octanol–water partition coefficient (Wildman–Crippen LogP) is 2.46. The Balaban J connectivity index is 1.84. The van der Waals surface area contributed by atoms with Gasteiger partial charge in [-0.2, -0.15) is 13.2 Å². The van der Waals surface area contributed by atoms with E-state index >= 15 is 0 Å². The minimum Gasteiger partial charge on any atom is -0.339 e. The Morgan fingerprint density at radius 3 is 2.08 bits per heavy atom. The number of piperazine rings is 1. The molecule has 0 radical (unpaired) electrons. The number of hydrogen-bond acceptors (Lipinski definition) is 2. The van der Waals surface area contributed by atoms with Crippen molar-refractivity contribution in [3.63, 3.8) is 0 Å². The molecule has 0 saturated carbocycles. The molecule has 1 aliphatic rings. The molecule has 4 nitrogen and oxygen atoms in total. The van der Waals surface area contributed by atoms with E-state index in [0.717, 1.165) is 4.90 Å². The lowest BCUT2D eigenvalue weighted by Gasteiger charge is -2.34. The molecule has 1 fully saturated rings. The van der Waals surface area contributed by atoms with Crippen molar-refractivity contribution in [1.82, 2.24) is 9.80 Å². The van der Waals surface area contributed by atoms with E-state index in [2.05, 4.69) is 0 Å². The Morgan fingerprint density at radius 1 is 1.00 bits per heavy atom. The van der Waals surface area contributed by atoms with Crippen LogP contribution in [0.25, 0.3) is 6.08 Å². The molecule has 1 aromatic rings. The zero-order valence-corrected chi connectivity index (χ0v) is 12.7. The quantitative estimate of drug-likeness (QED) is 0.624. The fraction of sp³-hybridized carbons (Fsp3) is 0.375. The van der Waals surface area contributed by atoms with E-state index in [9.17, 15) is 27.2 Å². The molecule has 8 heteroatoms. The number of rotatable bonds is 3. The molecule has 0 N–H and O–H groups in total. The van der Waals surface area contributed by atoms with Crippen LogP contribution in [0, 0.1) is 5.82 Å². The average Bonchev–Trinajstić information content (AvgIpc) is 2.52. The van der Waals surface area contributed by atoms with Crippen LogP contribution in [-0.2, 0) is 9.59 Å². The van der Waals surface area contributed by atoms with Gasteiger partial charge in [-0.05, 0) is 23.8 Å². The van der Waals surface area contributed by atoms with Crippen molar-refractivity contribution in [2.75, 3.05) is 26.2 Å². The van der Waals surface area contributed by atoms with Crippen LogP contribution in [0.5, 0.6) is 0 Å². The van der Waals surface area contributed by atoms with Crippen molar-refractivity contribution in [2.45, 2.75) is 12.6 Å². The summed E-state index contributed by atoms with van der Waals surface area (Å²) in [6, 6.07) is 5.59. The number of carbonyl (C=O) groups excluding carboxylic acids is 2. The molecule has 130 valence electrons. The van der Waals surface area contributed by atoms with Gasteiger partial charge >= 0.3 is 6.18 Å². The van der Waals surface area contributed by atoms with Gasteiger partial charge in [-0.15, -0.1) is 0 Å². The fourth-order valence-electron chi connectivity index (χ4n) is 2.31. The Morgan fingerprint density at radius 2 is 1.54 bits per heavy atom. The van der Waals surface area contributed by atoms with E-state index < -0.39 is 18.5 Å². The van der Waals surface area contributed by atoms with Crippen molar-refractivity contribution in [3.8, 4) is 0 Å². The summed E-state index contributed by atoms with van der Waals surface area (Å²) in [6.45, 7) is 0.502. The Kier molecular flexibility index (Phi) is 5.58. The van der Waals surface area contributed by atoms with E-state index in [1.165, 1.54) is 41.3 Å². The molecule has 1 aromatic carbocycles. The average molecular weight is 344 g/mol. The summed E-state index contributed by atoms with van der Waals surface area (Å²) in [5.74, 6) is -1.66. The normalized spacial score (nSPS) is 15.8. The van der Waals surface area contributed by atoms with Crippen LogP contribution in [-0.4, -0.2) is 54.0 Å². The highest BCUT2D eigenvalue weighted by Crippen LogP contribution is 2.21. The van der Waals surface area contributed by atoms with Gasteiger partial charge in [0.2, 0.25) is 11.8 Å². The Labute approximate surface area is 136 Å². The van der Waals surface area contributed by atoms with Gasteiger partial charge in [-0.25, -0.2) is 4.39 Å². The van der Waals surface area contributed by atoms with Crippen molar-refractivity contribution < 1.29 is 27.2 Å². The summed E-state index contributed by atoms with van der Waals surface area (Å²) in [4.78, 5) is 26.1. The monoisotopic (exact) mass is 344 g/mol. The van der Waals surface area contributed by atoms with E-state index in [4.69, 9.17) is 0 Å². The molecule has 2 amide bonds. The van der Waals surface area contributed by atoms with Crippen LogP contribution < -0.4 is 0 Å². The smallest absolute Gasteiger partial charge is 0.339 e. The van der Waals surface area contributed by atoms with Gasteiger partial charge < -0.3 is 9.80 Å². The largest absolute Gasteiger partial charge is 0.397 e. The highest BCUT2D eigenvalue weighted by molar-refractivity contribution is 5.92. The van der Waals surface area contributed by atoms with E-state index in [1.54, 1.807) is 0 Å². The summed E-state index contributed by atoms with van der Waals surface area (Å²) in [6.07, 6.45) is -3.16. The highest BCUT2D eigenvalue weighted by atomic mass is 19.4. The highest BCUT2D eigenvalue weighted by Gasteiger charge is 2.34. The maximum absolute atomic E-state index is 12.8. The minimum absolute atomic E-state index is 0.0744. The summed E-state index contributed by atoms with van der Waals surface area (Å²) in [5.41, 5.74) is 0.656. The zero-order valence-electron chi connectivity index (χ0n) is 12.7. The summed E-state index contributed by atoms with van der Waals surface area (Å²) in [5, 5.41) is 0. The van der Waals surface area contributed by atoms with Crippen LogP contribution in [0.3, 0.4) is 0 Å². The number of halogens is 4. The van der Waals surface area contributed by atoms with Gasteiger partial charge in [0.05, 0.1) is 0 Å². The van der Waals surface area contributed by atoms with E-state index in [-0.39, 0.29) is 37.9 Å². The molecule has 24 heavy (non-hydrogen) atoms. The summed E-state index contributed by atoms with van der Waals surface area (Å²) in [7, 11) is 0. The second-order valence-electron chi connectivity index (χ2n) is 5.38. The van der Waals surface area contributed by atoms with Crippen molar-refractivity contribution in [2.24, 2.45) is 0 Å². The summed E-state index contributed by atoms with van der Waals surface area (Å²) < 4.78 is 49.4. The molecule has 0 unspecified atom stereocenters. The molecular formula is C16H16F4N2O2. The van der Waals surface area contributed by atoms with Gasteiger partial charge in [-0.3, -0.25) is 9.59 Å². The van der Waals surface area contributed by atoms with Gasteiger partial charge in [-0.1, -0.05) is 12.1 Å². The molecule has 2 rings (SSSR count). The Hall–Kier alpha value is -2.38. The lowest BCUT2D eigenvalue weighted by atomic mass is 10.2. The summed E-state index contributed by atoms with van der Waals surface area (Å²) >= 11 is 0. The predicted molar refractivity (Wildman–Crippen MR) is 79.3 cm³/mol. The molecule has 0 aliphatic carbocycles. The lowest BCUT2D eigenvalue weighted by Crippen LogP contribution is -2.50. The molecule has 0 bridgehead atoms. The number of hydrogen-bond donors (Lipinski definition) is 0. The van der Waals surface area contributed by atoms with Gasteiger partial charge in [0.1, 0.15) is 12.2 Å². The molecule has 1 heterocycles. The van der Waals surface area contributed by atoms with Crippen LogP contribution in [0.1, 0.15) is 12.0 Å². The second kappa shape index (κ2) is 7.46. The van der Waals surface area contributed by atoms with Crippen LogP contribution in [0.4, 0.5) is 17.6 Å². The maximum atomic E-state index is 12.8. The van der Waals surface area contributed by atoms with Gasteiger partial charge in [0.15, 0.2) is 0 Å². The third-order valence-electron chi connectivity index (χ3n) is 3.58. The first-order valence-corrected chi connectivity index (χ1v) is 7.32. The fourth-order valence-corrected chi connectivity index (χ4v) is 2.31. The SMILES string of the molecule is O=C(/C=C/c1ccc(F)cc1)N1CCN(C(=O)CC(F)(F)F)CC1. The lowest BCUT2D eigenvalue weighted by molar-refractivity contribution is -0.163. The zero-order chi connectivity index (χ0) is 17.7. The first-order valence-electron chi connectivity index (χ1n) is 7.32. The molecule has 0 spiro atoms. The third kappa shape index (κ3) is 5.36. The van der Waals surface area contributed by atoms with E-state index in [0.29, 0.717) is 5.56 Å². The number of carbonyl (C=O) groups is 2. The molecule has 0 atom stereocenters. The molecule has 0 aromatic heterocycles. The number of benzene rings is 1. The molecule has 1 saturated heterocycles. The van der Waals surface area contributed by atoms with Crippen molar-refractivity contribution >= 4 is 17.9 Å². The Bertz CT molecular complexity index is 618. The molecule has 1 aliphatic heterocycles. The number of alkyl halides is 3. The first-order chi connectivity index (χ1) is 11.2. The number of nitrogens with zero attached hydrogens (tertiary/aromatic N) is 2. The molecular weight excluding hydrogens is 328 g/mol. The second-order valence-corrected chi connectivity index (χ2v) is 5.38. The van der Waals surface area contributed by atoms with Crippen molar-refractivity contribution in [3.05, 3.63) is 41.7 Å². The number of amides is 2. The van der Waals surface area contributed by atoms with Crippen LogP contribution in [0.15, 0.2) is 30.3 Å². The van der Waals surface area contributed by atoms with Gasteiger partial charge in [0, 0.05) is 32.3 Å². The van der Waals surface area contributed by atoms with Crippen LogP contribution >= 0.6 is 0 Å². The topological polar surface area (TPSA) is 40.6 Å².